The molecule has 168 valence electrons. The number of allylic oxidation sites excluding steroid dienone is 2. The number of benzene rings is 2. The molecule has 2 aromatic heterocycles. The number of nitro benzene ring substituents is 1. The van der Waals surface area contributed by atoms with Gasteiger partial charge in [-0.1, -0.05) is 18.2 Å². The fraction of sp³-hybridized carbons (Fsp3) is 0.167. The van der Waals surface area contributed by atoms with Gasteiger partial charge in [0.15, 0.2) is 17.3 Å². The molecule has 2 aromatic carbocycles. The normalized spacial score (nSPS) is 11.4. The first-order valence-corrected chi connectivity index (χ1v) is 10.1. The largest absolute Gasteiger partial charge is 0.493 e. The fourth-order valence-electron chi connectivity index (χ4n) is 3.94. The Balaban J connectivity index is 1.85. The maximum absolute atomic E-state index is 13.3. The van der Waals surface area contributed by atoms with Gasteiger partial charge < -0.3 is 14.0 Å². The summed E-state index contributed by atoms with van der Waals surface area (Å²) in [5, 5.41) is 16.2. The SMILES string of the molecule is C=CCn1c2ccccc2n2nc(C)c(C(=O)C=Cc3cc(OC)c(OC)cc3[N+](=O)[O-])c12. The van der Waals surface area contributed by atoms with E-state index in [0.717, 1.165) is 11.0 Å². The third-order valence-corrected chi connectivity index (χ3v) is 5.39. The molecule has 0 fully saturated rings. The van der Waals surface area contributed by atoms with Crippen LogP contribution in [0.2, 0.25) is 0 Å². The Morgan fingerprint density at radius 1 is 1.18 bits per heavy atom. The third kappa shape index (κ3) is 3.63. The first kappa shape index (κ1) is 21.8. The summed E-state index contributed by atoms with van der Waals surface area (Å²) in [5.74, 6) is 0.237. The summed E-state index contributed by atoms with van der Waals surface area (Å²) >= 11 is 0. The van der Waals surface area contributed by atoms with Gasteiger partial charge in [0.1, 0.15) is 5.65 Å². The van der Waals surface area contributed by atoms with Crippen LogP contribution in [-0.2, 0) is 6.54 Å². The summed E-state index contributed by atoms with van der Waals surface area (Å²) in [6.07, 6.45) is 4.48. The molecule has 0 saturated heterocycles. The molecule has 0 bridgehead atoms. The van der Waals surface area contributed by atoms with Crippen LogP contribution < -0.4 is 9.47 Å². The smallest absolute Gasteiger partial charge is 0.280 e. The third-order valence-electron chi connectivity index (χ3n) is 5.39. The van der Waals surface area contributed by atoms with Gasteiger partial charge in [0.05, 0.1) is 53.1 Å². The minimum Gasteiger partial charge on any atom is -0.493 e. The standard InChI is InChI=1S/C24H22N4O5/c1-5-12-26-17-8-6-7-9-18(17)27-24(26)23(15(2)25-27)20(29)11-10-16-13-21(32-3)22(33-4)14-19(16)28(30)31/h5-11,13-14H,1,12H2,2-4H3. The van der Waals surface area contributed by atoms with Gasteiger partial charge in [-0.3, -0.25) is 14.9 Å². The van der Waals surface area contributed by atoms with E-state index in [0.29, 0.717) is 29.2 Å². The summed E-state index contributed by atoms with van der Waals surface area (Å²) in [5.41, 5.74) is 3.44. The highest BCUT2D eigenvalue weighted by molar-refractivity contribution is 6.12. The first-order chi connectivity index (χ1) is 15.9. The minimum absolute atomic E-state index is 0.200. The van der Waals surface area contributed by atoms with E-state index in [1.807, 2.05) is 28.8 Å². The van der Waals surface area contributed by atoms with Crippen LogP contribution in [0.3, 0.4) is 0 Å². The van der Waals surface area contributed by atoms with Crippen LogP contribution in [0, 0.1) is 17.0 Å². The van der Waals surface area contributed by atoms with Gasteiger partial charge in [-0.2, -0.15) is 5.10 Å². The Bertz CT molecular complexity index is 1440. The van der Waals surface area contributed by atoms with Crippen molar-refractivity contribution in [2.45, 2.75) is 13.5 Å². The van der Waals surface area contributed by atoms with E-state index in [-0.39, 0.29) is 22.8 Å². The minimum atomic E-state index is -0.530. The highest BCUT2D eigenvalue weighted by Crippen LogP contribution is 2.35. The Kier molecular flexibility index (Phi) is 5.70. The summed E-state index contributed by atoms with van der Waals surface area (Å²) in [6.45, 7) is 6.08. The van der Waals surface area contributed by atoms with E-state index >= 15 is 0 Å². The highest BCUT2D eigenvalue weighted by atomic mass is 16.6. The Labute approximate surface area is 189 Å². The second-order valence-electron chi connectivity index (χ2n) is 7.30. The number of rotatable bonds is 8. The zero-order chi connectivity index (χ0) is 23.7. The average Bonchev–Trinajstić information content (AvgIpc) is 3.30. The first-order valence-electron chi connectivity index (χ1n) is 10.1. The fourth-order valence-corrected chi connectivity index (χ4v) is 3.94. The lowest BCUT2D eigenvalue weighted by Gasteiger charge is -2.08. The zero-order valence-corrected chi connectivity index (χ0v) is 18.4. The molecule has 0 atom stereocenters. The van der Waals surface area contributed by atoms with E-state index in [4.69, 9.17) is 9.47 Å². The zero-order valence-electron chi connectivity index (χ0n) is 18.4. The van der Waals surface area contributed by atoms with Crippen molar-refractivity contribution in [2.24, 2.45) is 0 Å². The van der Waals surface area contributed by atoms with Gasteiger partial charge in [0.25, 0.3) is 5.69 Å². The van der Waals surface area contributed by atoms with Gasteiger partial charge >= 0.3 is 0 Å². The van der Waals surface area contributed by atoms with Crippen molar-refractivity contribution in [1.82, 2.24) is 14.2 Å². The van der Waals surface area contributed by atoms with Gasteiger partial charge in [-0.15, -0.1) is 6.58 Å². The van der Waals surface area contributed by atoms with Crippen molar-refractivity contribution in [3.05, 3.63) is 82.1 Å². The predicted octanol–water partition coefficient (Wildman–Crippen LogP) is 4.60. The molecule has 0 aliphatic carbocycles. The Morgan fingerprint density at radius 3 is 2.48 bits per heavy atom. The molecule has 4 aromatic rings. The molecule has 2 heterocycles. The van der Waals surface area contributed by atoms with E-state index in [9.17, 15) is 14.9 Å². The number of fused-ring (bicyclic) bond motifs is 3. The van der Waals surface area contributed by atoms with Gasteiger partial charge in [0.2, 0.25) is 0 Å². The molecule has 0 N–H and O–H groups in total. The number of nitro groups is 1. The van der Waals surface area contributed by atoms with Gasteiger partial charge in [0, 0.05) is 6.54 Å². The molecule has 0 spiro atoms. The lowest BCUT2D eigenvalue weighted by Crippen LogP contribution is -2.02. The van der Waals surface area contributed by atoms with E-state index in [1.165, 1.54) is 38.5 Å². The lowest BCUT2D eigenvalue weighted by atomic mass is 10.1. The van der Waals surface area contributed by atoms with E-state index < -0.39 is 4.92 Å². The molecule has 0 aliphatic heterocycles. The quantitative estimate of drug-likeness (QED) is 0.129. The number of carbonyl (C=O) groups excluding carboxylic acids is 1. The Morgan fingerprint density at radius 2 is 1.85 bits per heavy atom. The van der Waals surface area contributed by atoms with Crippen molar-refractivity contribution >= 4 is 34.2 Å². The maximum Gasteiger partial charge on any atom is 0.280 e. The van der Waals surface area contributed by atoms with Crippen molar-refractivity contribution in [2.75, 3.05) is 14.2 Å². The molecule has 0 unspecified atom stereocenters. The number of imidazole rings is 1. The number of para-hydroxylation sites is 2. The van der Waals surface area contributed by atoms with Crippen LogP contribution in [0.25, 0.3) is 22.8 Å². The second kappa shape index (κ2) is 8.62. The van der Waals surface area contributed by atoms with Crippen molar-refractivity contribution in [3.63, 3.8) is 0 Å². The second-order valence-corrected chi connectivity index (χ2v) is 7.30. The summed E-state index contributed by atoms with van der Waals surface area (Å²) in [4.78, 5) is 24.3. The van der Waals surface area contributed by atoms with Crippen LogP contribution in [0.4, 0.5) is 5.69 Å². The number of nitrogens with zero attached hydrogens (tertiary/aromatic N) is 4. The van der Waals surface area contributed by atoms with E-state index in [2.05, 4.69) is 11.7 Å². The number of aryl methyl sites for hydroxylation is 1. The Hall–Kier alpha value is -4.40. The topological polar surface area (TPSA) is 101 Å². The number of carbonyl (C=O) groups is 1. The number of hydrogen-bond donors (Lipinski definition) is 0. The number of ether oxygens (including phenoxy) is 2. The molecule has 9 heteroatoms. The number of aromatic nitrogens is 3. The molecule has 9 nitrogen and oxygen atoms in total. The predicted molar refractivity (Wildman–Crippen MR) is 125 cm³/mol. The van der Waals surface area contributed by atoms with Crippen molar-refractivity contribution < 1.29 is 19.2 Å². The van der Waals surface area contributed by atoms with Crippen LogP contribution >= 0.6 is 0 Å². The average molecular weight is 446 g/mol. The molecular weight excluding hydrogens is 424 g/mol. The molecule has 0 aliphatic rings. The molecule has 33 heavy (non-hydrogen) atoms. The van der Waals surface area contributed by atoms with Crippen molar-refractivity contribution in [3.8, 4) is 11.5 Å². The number of ketones is 1. The maximum atomic E-state index is 13.3. The number of methoxy groups -OCH3 is 2. The molecule has 0 radical (unpaired) electrons. The summed E-state index contributed by atoms with van der Waals surface area (Å²) in [6, 6.07) is 10.5. The van der Waals surface area contributed by atoms with Crippen LogP contribution in [-0.4, -0.2) is 39.1 Å². The monoisotopic (exact) mass is 446 g/mol. The van der Waals surface area contributed by atoms with Crippen LogP contribution in [0.1, 0.15) is 21.6 Å². The van der Waals surface area contributed by atoms with Crippen molar-refractivity contribution in [1.29, 1.82) is 0 Å². The van der Waals surface area contributed by atoms with Gasteiger partial charge in [-0.05, 0) is 37.3 Å². The van der Waals surface area contributed by atoms with E-state index in [1.54, 1.807) is 17.5 Å². The summed E-state index contributed by atoms with van der Waals surface area (Å²) in [7, 11) is 2.84. The highest BCUT2D eigenvalue weighted by Gasteiger charge is 2.23. The molecule has 0 amide bonds. The number of hydrogen-bond acceptors (Lipinski definition) is 6. The van der Waals surface area contributed by atoms with Gasteiger partial charge in [-0.25, -0.2) is 4.52 Å². The van der Waals surface area contributed by atoms with Crippen LogP contribution in [0.15, 0.2) is 55.1 Å². The molecule has 4 rings (SSSR count). The molecular formula is C24H22N4O5. The van der Waals surface area contributed by atoms with Crippen LogP contribution in [0.5, 0.6) is 11.5 Å². The lowest BCUT2D eigenvalue weighted by molar-refractivity contribution is -0.385. The molecule has 0 saturated carbocycles. The summed E-state index contributed by atoms with van der Waals surface area (Å²) < 4.78 is 14.1.